The quantitative estimate of drug-likeness (QED) is 0.595. The molecule has 0 unspecified atom stereocenters. The molecular formula is C19H23NO5S. The molecule has 1 heterocycles. The largest absolute Gasteiger partial charge is 0.480 e. The standard InChI is InChI=1S/C19H23NO5S/c1-4-24-18(20-26(22,23)15-7-5-13(2)6-8-15)16-12-25-19(3)10-9-14(21)11-17(16)19/h5-10,16-17H,4,11-12H2,1-3H3/b20-18+/t16-,17+,19+/m1/s1. The first-order valence-electron chi connectivity index (χ1n) is 8.65. The lowest BCUT2D eigenvalue weighted by Gasteiger charge is -2.31. The summed E-state index contributed by atoms with van der Waals surface area (Å²) in [6, 6.07) is 6.51. The molecule has 0 spiro atoms. The Bertz CT molecular complexity index is 856. The van der Waals surface area contributed by atoms with E-state index in [0.717, 1.165) is 5.56 Å². The summed E-state index contributed by atoms with van der Waals surface area (Å²) in [5.41, 5.74) is 0.356. The van der Waals surface area contributed by atoms with Crippen molar-refractivity contribution < 1.29 is 22.7 Å². The number of carbonyl (C=O) groups is 1. The van der Waals surface area contributed by atoms with Crippen molar-refractivity contribution in [3.8, 4) is 0 Å². The van der Waals surface area contributed by atoms with Crippen LogP contribution in [0.5, 0.6) is 0 Å². The zero-order valence-corrected chi connectivity index (χ0v) is 16.0. The van der Waals surface area contributed by atoms with Gasteiger partial charge in [-0.05, 0) is 45.1 Å². The Morgan fingerprint density at radius 2 is 2.04 bits per heavy atom. The fourth-order valence-corrected chi connectivity index (χ4v) is 4.44. The van der Waals surface area contributed by atoms with Crippen LogP contribution < -0.4 is 0 Å². The average molecular weight is 377 g/mol. The number of allylic oxidation sites excluding steroid dienone is 1. The van der Waals surface area contributed by atoms with E-state index in [1.165, 1.54) is 18.2 Å². The van der Waals surface area contributed by atoms with Crippen LogP contribution in [0, 0.1) is 18.8 Å². The minimum Gasteiger partial charge on any atom is -0.480 e. The molecular weight excluding hydrogens is 354 g/mol. The molecule has 7 heteroatoms. The van der Waals surface area contributed by atoms with Crippen molar-refractivity contribution >= 4 is 21.7 Å². The van der Waals surface area contributed by atoms with Crippen LogP contribution in [0.1, 0.15) is 25.8 Å². The molecule has 1 aromatic rings. The number of fused-ring (bicyclic) bond motifs is 1. The second-order valence-corrected chi connectivity index (χ2v) is 8.47. The van der Waals surface area contributed by atoms with E-state index in [0.29, 0.717) is 0 Å². The molecule has 0 saturated carbocycles. The lowest BCUT2D eigenvalue weighted by molar-refractivity contribution is -0.117. The first kappa shape index (κ1) is 18.8. The van der Waals surface area contributed by atoms with Crippen molar-refractivity contribution in [3.63, 3.8) is 0 Å². The Morgan fingerprint density at radius 1 is 1.35 bits per heavy atom. The SMILES string of the molecule is CCO/C(=N/S(=O)(=O)c1ccc(C)cc1)[C@@H]1CO[C@@]2(C)C=CC(=O)C[C@@H]12. The van der Waals surface area contributed by atoms with Crippen LogP contribution in [-0.4, -0.2) is 38.9 Å². The number of ketones is 1. The molecule has 6 nitrogen and oxygen atoms in total. The number of hydrogen-bond donors (Lipinski definition) is 0. The van der Waals surface area contributed by atoms with Gasteiger partial charge in [-0.3, -0.25) is 4.79 Å². The van der Waals surface area contributed by atoms with Crippen molar-refractivity contribution in [2.75, 3.05) is 13.2 Å². The summed E-state index contributed by atoms with van der Waals surface area (Å²) in [4.78, 5) is 12.0. The maximum Gasteiger partial charge on any atom is 0.285 e. The second kappa shape index (κ2) is 6.96. The number of sulfonamides is 1. The van der Waals surface area contributed by atoms with Gasteiger partial charge in [-0.2, -0.15) is 8.42 Å². The third kappa shape index (κ3) is 3.59. The molecule has 3 rings (SSSR count). The highest BCUT2D eigenvalue weighted by Crippen LogP contribution is 2.43. The molecule has 1 aliphatic carbocycles. The van der Waals surface area contributed by atoms with Gasteiger partial charge in [0.15, 0.2) is 5.78 Å². The summed E-state index contributed by atoms with van der Waals surface area (Å²) >= 11 is 0. The lowest BCUT2D eigenvalue weighted by Crippen LogP contribution is -2.38. The lowest BCUT2D eigenvalue weighted by atomic mass is 9.75. The first-order valence-corrected chi connectivity index (χ1v) is 10.1. The predicted molar refractivity (Wildman–Crippen MR) is 97.5 cm³/mol. The van der Waals surface area contributed by atoms with E-state index in [-0.39, 0.29) is 48.0 Å². The van der Waals surface area contributed by atoms with Crippen LogP contribution in [0.3, 0.4) is 0 Å². The Morgan fingerprint density at radius 3 is 2.69 bits per heavy atom. The molecule has 0 aromatic heterocycles. The first-order chi connectivity index (χ1) is 12.2. The Hall–Kier alpha value is -1.99. The average Bonchev–Trinajstić information content (AvgIpc) is 2.92. The van der Waals surface area contributed by atoms with Gasteiger partial charge in [-0.15, -0.1) is 4.40 Å². The smallest absolute Gasteiger partial charge is 0.285 e. The molecule has 1 saturated heterocycles. The Labute approximate surface area is 154 Å². The fraction of sp³-hybridized carbons (Fsp3) is 0.474. The van der Waals surface area contributed by atoms with E-state index in [1.54, 1.807) is 25.1 Å². The van der Waals surface area contributed by atoms with Crippen LogP contribution >= 0.6 is 0 Å². The highest BCUT2D eigenvalue weighted by Gasteiger charge is 2.50. The van der Waals surface area contributed by atoms with E-state index >= 15 is 0 Å². The molecule has 1 aliphatic heterocycles. The number of rotatable bonds is 4. The summed E-state index contributed by atoms with van der Waals surface area (Å²) in [6.45, 7) is 6.11. The minimum atomic E-state index is -3.90. The second-order valence-electron chi connectivity index (χ2n) is 6.86. The van der Waals surface area contributed by atoms with Gasteiger partial charge in [0.2, 0.25) is 5.90 Å². The number of nitrogens with zero attached hydrogens (tertiary/aromatic N) is 1. The zero-order valence-electron chi connectivity index (χ0n) is 15.1. The number of ether oxygens (including phenoxy) is 2. The summed E-state index contributed by atoms with van der Waals surface area (Å²) in [6.07, 6.45) is 3.56. The molecule has 1 fully saturated rings. The maximum atomic E-state index is 12.7. The molecule has 26 heavy (non-hydrogen) atoms. The third-order valence-electron chi connectivity index (χ3n) is 4.96. The van der Waals surface area contributed by atoms with Crippen molar-refractivity contribution in [1.82, 2.24) is 0 Å². The van der Waals surface area contributed by atoms with Gasteiger partial charge in [0, 0.05) is 12.3 Å². The maximum absolute atomic E-state index is 12.7. The number of carbonyl (C=O) groups excluding carboxylic acids is 1. The summed E-state index contributed by atoms with van der Waals surface area (Å²) in [5, 5.41) is 0. The van der Waals surface area contributed by atoms with Gasteiger partial charge in [0.05, 0.1) is 29.6 Å². The van der Waals surface area contributed by atoms with Crippen LogP contribution in [0.15, 0.2) is 45.7 Å². The molecule has 0 bridgehead atoms. The highest BCUT2D eigenvalue weighted by molar-refractivity contribution is 7.90. The minimum absolute atomic E-state index is 0.000199. The van der Waals surface area contributed by atoms with Gasteiger partial charge >= 0.3 is 0 Å². The van der Waals surface area contributed by atoms with Gasteiger partial charge in [0.25, 0.3) is 10.0 Å². The van der Waals surface area contributed by atoms with Gasteiger partial charge in [-0.1, -0.05) is 17.7 Å². The third-order valence-corrected chi connectivity index (χ3v) is 6.24. The monoisotopic (exact) mass is 377 g/mol. The number of aryl methyl sites for hydroxylation is 1. The highest BCUT2D eigenvalue weighted by atomic mass is 32.2. The van der Waals surface area contributed by atoms with Crippen molar-refractivity contribution in [2.24, 2.45) is 16.2 Å². The molecule has 0 amide bonds. The van der Waals surface area contributed by atoms with Crippen molar-refractivity contribution in [3.05, 3.63) is 42.0 Å². The molecule has 0 radical (unpaired) electrons. The molecule has 0 N–H and O–H groups in total. The van der Waals surface area contributed by atoms with Crippen LogP contribution in [-0.2, 0) is 24.3 Å². The van der Waals surface area contributed by atoms with Crippen LogP contribution in [0.4, 0.5) is 0 Å². The Balaban J connectivity index is 1.96. The van der Waals surface area contributed by atoms with Crippen LogP contribution in [0.2, 0.25) is 0 Å². The topological polar surface area (TPSA) is 82.0 Å². The molecule has 140 valence electrons. The van der Waals surface area contributed by atoms with E-state index in [2.05, 4.69) is 4.40 Å². The summed E-state index contributed by atoms with van der Waals surface area (Å²) in [5.74, 6) is -0.460. The van der Waals surface area contributed by atoms with Gasteiger partial charge < -0.3 is 9.47 Å². The van der Waals surface area contributed by atoms with Crippen molar-refractivity contribution in [2.45, 2.75) is 37.7 Å². The number of benzene rings is 1. The van der Waals surface area contributed by atoms with Gasteiger partial charge in [0.1, 0.15) is 0 Å². The number of hydrogen-bond acceptors (Lipinski definition) is 5. The molecule has 3 atom stereocenters. The van der Waals surface area contributed by atoms with E-state index in [4.69, 9.17) is 9.47 Å². The summed E-state index contributed by atoms with van der Waals surface area (Å²) in [7, 11) is -3.90. The summed E-state index contributed by atoms with van der Waals surface area (Å²) < 4.78 is 40.8. The predicted octanol–water partition coefficient (Wildman–Crippen LogP) is 2.67. The fourth-order valence-electron chi connectivity index (χ4n) is 3.43. The molecule has 1 aromatic carbocycles. The van der Waals surface area contributed by atoms with Crippen molar-refractivity contribution in [1.29, 1.82) is 0 Å². The zero-order chi connectivity index (χ0) is 18.9. The molecule has 2 aliphatic rings. The van der Waals surface area contributed by atoms with Gasteiger partial charge in [-0.25, -0.2) is 0 Å². The Kier molecular flexibility index (Phi) is 5.03. The van der Waals surface area contributed by atoms with E-state index in [1.807, 2.05) is 13.8 Å². The van der Waals surface area contributed by atoms with E-state index in [9.17, 15) is 13.2 Å². The van der Waals surface area contributed by atoms with Crippen LogP contribution in [0.25, 0.3) is 0 Å². The normalized spacial score (nSPS) is 28.9. The van der Waals surface area contributed by atoms with E-state index < -0.39 is 15.6 Å².